The Kier molecular flexibility index (Phi) is 2.85. The molecule has 0 aliphatic heterocycles. The van der Waals surface area contributed by atoms with Crippen molar-refractivity contribution >= 4 is 0 Å². The quantitative estimate of drug-likeness (QED) is 0.716. The molecule has 0 saturated heterocycles. The molecule has 0 heterocycles. The second-order valence-electron chi connectivity index (χ2n) is 4.98. The van der Waals surface area contributed by atoms with Gasteiger partial charge in [0.05, 0.1) is 5.56 Å². The SMILES string of the molecule is FC(F)(F)c1ccc([C@@H]2C[C@H]2c2ccccc2)cc1. The third kappa shape index (κ3) is 2.50. The van der Waals surface area contributed by atoms with Crippen molar-refractivity contribution in [2.45, 2.75) is 24.4 Å². The molecule has 3 rings (SSSR count). The molecular formula is C16H13F3. The molecule has 0 N–H and O–H groups in total. The molecule has 3 heteroatoms. The monoisotopic (exact) mass is 262 g/mol. The lowest BCUT2D eigenvalue weighted by atomic mass is 10.0. The van der Waals surface area contributed by atoms with Crippen LogP contribution in [0.2, 0.25) is 0 Å². The Morgan fingerprint density at radius 3 is 1.79 bits per heavy atom. The minimum absolute atomic E-state index is 0.365. The van der Waals surface area contributed by atoms with E-state index in [2.05, 4.69) is 12.1 Å². The van der Waals surface area contributed by atoms with E-state index in [1.807, 2.05) is 18.2 Å². The van der Waals surface area contributed by atoms with Gasteiger partial charge in [-0.3, -0.25) is 0 Å². The van der Waals surface area contributed by atoms with Gasteiger partial charge in [-0.25, -0.2) is 0 Å². The summed E-state index contributed by atoms with van der Waals surface area (Å²) in [4.78, 5) is 0. The summed E-state index contributed by atoms with van der Waals surface area (Å²) in [6.45, 7) is 0. The first kappa shape index (κ1) is 12.3. The minimum atomic E-state index is -4.25. The van der Waals surface area contributed by atoms with Gasteiger partial charge < -0.3 is 0 Å². The van der Waals surface area contributed by atoms with E-state index in [4.69, 9.17) is 0 Å². The van der Waals surface area contributed by atoms with Crippen LogP contribution in [-0.2, 0) is 6.18 Å². The molecule has 1 saturated carbocycles. The van der Waals surface area contributed by atoms with Gasteiger partial charge in [0.25, 0.3) is 0 Å². The summed E-state index contributed by atoms with van der Waals surface area (Å²) < 4.78 is 37.4. The highest BCUT2D eigenvalue weighted by Crippen LogP contribution is 2.54. The van der Waals surface area contributed by atoms with Gasteiger partial charge in [-0.1, -0.05) is 42.5 Å². The van der Waals surface area contributed by atoms with Crippen LogP contribution in [0.3, 0.4) is 0 Å². The Hall–Kier alpha value is -1.77. The zero-order chi connectivity index (χ0) is 13.5. The van der Waals surface area contributed by atoms with Gasteiger partial charge in [0, 0.05) is 0 Å². The number of hydrogen-bond donors (Lipinski definition) is 0. The van der Waals surface area contributed by atoms with Gasteiger partial charge in [0.2, 0.25) is 0 Å². The number of benzene rings is 2. The lowest BCUT2D eigenvalue weighted by molar-refractivity contribution is -0.137. The Labute approximate surface area is 109 Å². The molecule has 2 aromatic carbocycles. The van der Waals surface area contributed by atoms with E-state index in [0.717, 1.165) is 12.0 Å². The molecule has 0 radical (unpaired) electrons. The van der Waals surface area contributed by atoms with E-state index >= 15 is 0 Å². The summed E-state index contributed by atoms with van der Waals surface area (Å²) in [5.74, 6) is 0.822. The molecular weight excluding hydrogens is 249 g/mol. The molecule has 0 bridgehead atoms. The standard InChI is InChI=1S/C16H13F3/c17-16(18,19)13-8-6-12(7-9-13)15-10-14(15)11-4-2-1-3-5-11/h1-9,14-15H,10H2/t14-,15-/m0/s1. The zero-order valence-corrected chi connectivity index (χ0v) is 10.2. The summed E-state index contributed by atoms with van der Waals surface area (Å²) in [5, 5.41) is 0. The summed E-state index contributed by atoms with van der Waals surface area (Å²) in [5.41, 5.74) is 1.70. The average Bonchev–Trinajstić information content (AvgIpc) is 3.19. The van der Waals surface area contributed by atoms with Crippen molar-refractivity contribution in [1.29, 1.82) is 0 Å². The third-order valence-corrected chi connectivity index (χ3v) is 3.68. The second-order valence-corrected chi connectivity index (χ2v) is 4.98. The van der Waals surface area contributed by atoms with Crippen LogP contribution in [0.15, 0.2) is 54.6 Å². The highest BCUT2D eigenvalue weighted by molar-refractivity contribution is 5.37. The van der Waals surface area contributed by atoms with Gasteiger partial charge in [0.15, 0.2) is 0 Å². The van der Waals surface area contributed by atoms with E-state index in [0.29, 0.717) is 11.8 Å². The van der Waals surface area contributed by atoms with Gasteiger partial charge in [-0.15, -0.1) is 0 Å². The molecule has 2 aromatic rings. The molecule has 0 spiro atoms. The van der Waals surface area contributed by atoms with Crippen molar-refractivity contribution in [2.75, 3.05) is 0 Å². The first-order chi connectivity index (χ1) is 9.05. The molecule has 1 aliphatic carbocycles. The van der Waals surface area contributed by atoms with E-state index in [9.17, 15) is 13.2 Å². The van der Waals surface area contributed by atoms with Crippen LogP contribution in [0.1, 0.15) is 34.9 Å². The molecule has 19 heavy (non-hydrogen) atoms. The Morgan fingerprint density at radius 1 is 0.737 bits per heavy atom. The number of alkyl halides is 3. The van der Waals surface area contributed by atoms with Gasteiger partial charge in [-0.05, 0) is 41.5 Å². The van der Waals surface area contributed by atoms with Gasteiger partial charge in [-0.2, -0.15) is 13.2 Å². The Morgan fingerprint density at radius 2 is 1.26 bits per heavy atom. The fourth-order valence-corrected chi connectivity index (χ4v) is 2.55. The maximum atomic E-state index is 12.5. The van der Waals surface area contributed by atoms with Crippen molar-refractivity contribution < 1.29 is 13.2 Å². The maximum absolute atomic E-state index is 12.5. The van der Waals surface area contributed by atoms with Crippen LogP contribution in [0.4, 0.5) is 13.2 Å². The van der Waals surface area contributed by atoms with E-state index < -0.39 is 11.7 Å². The second kappa shape index (κ2) is 4.41. The van der Waals surface area contributed by atoms with Crippen molar-refractivity contribution in [3.63, 3.8) is 0 Å². The first-order valence-corrected chi connectivity index (χ1v) is 6.28. The van der Waals surface area contributed by atoms with Crippen LogP contribution in [-0.4, -0.2) is 0 Å². The van der Waals surface area contributed by atoms with Crippen LogP contribution in [0, 0.1) is 0 Å². The molecule has 1 fully saturated rings. The molecule has 0 aromatic heterocycles. The van der Waals surface area contributed by atoms with E-state index in [1.165, 1.54) is 17.7 Å². The normalized spacial score (nSPS) is 22.3. The number of halogens is 3. The van der Waals surface area contributed by atoms with Crippen LogP contribution in [0.5, 0.6) is 0 Å². The predicted molar refractivity (Wildman–Crippen MR) is 68.0 cm³/mol. The topological polar surface area (TPSA) is 0 Å². The van der Waals surface area contributed by atoms with Crippen LogP contribution in [0.25, 0.3) is 0 Å². The van der Waals surface area contributed by atoms with Crippen molar-refractivity contribution in [1.82, 2.24) is 0 Å². The third-order valence-electron chi connectivity index (χ3n) is 3.68. The zero-order valence-electron chi connectivity index (χ0n) is 10.2. The summed E-state index contributed by atoms with van der Waals surface area (Å²) in [6.07, 6.45) is -3.23. The fraction of sp³-hybridized carbons (Fsp3) is 0.250. The first-order valence-electron chi connectivity index (χ1n) is 6.28. The maximum Gasteiger partial charge on any atom is 0.416 e. The smallest absolute Gasteiger partial charge is 0.166 e. The average molecular weight is 262 g/mol. The molecule has 0 unspecified atom stereocenters. The highest BCUT2D eigenvalue weighted by Gasteiger charge is 2.39. The largest absolute Gasteiger partial charge is 0.416 e. The lowest BCUT2D eigenvalue weighted by Crippen LogP contribution is -2.04. The molecule has 98 valence electrons. The van der Waals surface area contributed by atoms with Gasteiger partial charge in [0.1, 0.15) is 0 Å². The number of rotatable bonds is 2. The fourth-order valence-electron chi connectivity index (χ4n) is 2.55. The van der Waals surface area contributed by atoms with Crippen LogP contribution < -0.4 is 0 Å². The summed E-state index contributed by atoms with van der Waals surface area (Å²) in [6, 6.07) is 15.7. The molecule has 2 atom stereocenters. The Balaban J connectivity index is 1.76. The molecule has 0 amide bonds. The van der Waals surface area contributed by atoms with E-state index in [-0.39, 0.29) is 0 Å². The van der Waals surface area contributed by atoms with Gasteiger partial charge >= 0.3 is 6.18 Å². The van der Waals surface area contributed by atoms with Crippen molar-refractivity contribution in [2.24, 2.45) is 0 Å². The van der Waals surface area contributed by atoms with Crippen molar-refractivity contribution in [3.8, 4) is 0 Å². The molecule has 0 nitrogen and oxygen atoms in total. The molecule has 1 aliphatic rings. The lowest BCUT2D eigenvalue weighted by Gasteiger charge is -2.07. The number of hydrogen-bond acceptors (Lipinski definition) is 0. The van der Waals surface area contributed by atoms with E-state index in [1.54, 1.807) is 12.1 Å². The minimum Gasteiger partial charge on any atom is -0.166 e. The Bertz CT molecular complexity index is 555. The van der Waals surface area contributed by atoms with Crippen molar-refractivity contribution in [3.05, 3.63) is 71.3 Å². The predicted octanol–water partition coefficient (Wildman–Crippen LogP) is 4.98. The van der Waals surface area contributed by atoms with Crippen LogP contribution >= 0.6 is 0 Å². The highest BCUT2D eigenvalue weighted by atomic mass is 19.4. The summed E-state index contributed by atoms with van der Waals surface area (Å²) in [7, 11) is 0. The summed E-state index contributed by atoms with van der Waals surface area (Å²) >= 11 is 0.